The van der Waals surface area contributed by atoms with Gasteiger partial charge in [0.05, 0.1) is 37.0 Å². The minimum absolute atomic E-state index is 0.0207. The van der Waals surface area contributed by atoms with Gasteiger partial charge in [0.25, 0.3) is 0 Å². The Labute approximate surface area is 242 Å². The lowest BCUT2D eigenvalue weighted by atomic mass is 10.2. The number of nitrogens with two attached hydrogens (primary N) is 2. The number of carbonyl (C=O) groups excluding carboxylic acids is 2. The van der Waals surface area contributed by atoms with E-state index in [4.69, 9.17) is 35.7 Å². The second-order valence-electron chi connectivity index (χ2n) is 9.05. The number of alkyl halides is 2. The zero-order valence-corrected chi connectivity index (χ0v) is 22.8. The second-order valence-corrected chi connectivity index (χ2v) is 9.05. The van der Waals surface area contributed by atoms with Crippen molar-refractivity contribution in [2.45, 2.75) is 31.8 Å². The van der Waals surface area contributed by atoms with Gasteiger partial charge in [-0.1, -0.05) is 12.1 Å². The molecular weight excluding hydrogens is 548 g/mol. The quantitative estimate of drug-likeness (QED) is 0.0978. The molecule has 220 valence electrons. The van der Waals surface area contributed by atoms with Crippen molar-refractivity contribution in [3.05, 3.63) is 89.5 Å². The summed E-state index contributed by atoms with van der Waals surface area (Å²) in [7, 11) is 0. The molecule has 0 aliphatic heterocycles. The molecule has 3 aromatic rings. The van der Waals surface area contributed by atoms with Crippen LogP contribution >= 0.6 is 0 Å². The SMILES string of the molecule is N#CCCCCOc1ccc(C(F)(F)Oc2ccc(C=CC(=O)OCCCOC(=O)c3cc(N)cc(N)c3)cc2)cc1. The Bertz CT molecular complexity index is 1380. The van der Waals surface area contributed by atoms with Gasteiger partial charge in [0.2, 0.25) is 0 Å². The Morgan fingerprint density at radius 2 is 1.48 bits per heavy atom. The minimum Gasteiger partial charge on any atom is -0.494 e. The molecule has 0 amide bonds. The molecule has 0 aromatic heterocycles. The van der Waals surface area contributed by atoms with E-state index in [-0.39, 0.29) is 36.5 Å². The molecule has 0 unspecified atom stereocenters. The van der Waals surface area contributed by atoms with Gasteiger partial charge in [-0.2, -0.15) is 14.0 Å². The van der Waals surface area contributed by atoms with Gasteiger partial charge in [0.15, 0.2) is 0 Å². The van der Waals surface area contributed by atoms with E-state index in [2.05, 4.69) is 6.07 Å². The van der Waals surface area contributed by atoms with Crippen LogP contribution in [-0.4, -0.2) is 31.8 Å². The average molecular weight is 580 g/mol. The Hall–Kier alpha value is -5.11. The van der Waals surface area contributed by atoms with Crippen LogP contribution < -0.4 is 20.9 Å². The molecule has 0 aliphatic rings. The molecule has 4 N–H and O–H groups in total. The summed E-state index contributed by atoms with van der Waals surface area (Å²) in [5.74, 6) is -0.822. The number of hydrogen-bond acceptors (Lipinski definition) is 9. The first-order valence-corrected chi connectivity index (χ1v) is 13.1. The molecule has 0 spiro atoms. The number of nitrogens with zero attached hydrogens (tertiary/aromatic N) is 1. The molecule has 0 atom stereocenters. The van der Waals surface area contributed by atoms with Gasteiger partial charge < -0.3 is 30.4 Å². The summed E-state index contributed by atoms with van der Waals surface area (Å²) < 4.78 is 49.9. The van der Waals surface area contributed by atoms with Gasteiger partial charge in [-0.05, 0) is 79.1 Å². The largest absolute Gasteiger partial charge is 0.494 e. The van der Waals surface area contributed by atoms with Crippen LogP contribution in [0.2, 0.25) is 0 Å². The van der Waals surface area contributed by atoms with Gasteiger partial charge in [-0.25, -0.2) is 9.59 Å². The van der Waals surface area contributed by atoms with Crippen molar-refractivity contribution in [2.24, 2.45) is 0 Å². The maximum absolute atomic E-state index is 14.6. The van der Waals surface area contributed by atoms with Gasteiger partial charge >= 0.3 is 18.0 Å². The average Bonchev–Trinajstić information content (AvgIpc) is 2.96. The maximum Gasteiger partial charge on any atom is 0.426 e. The first-order valence-electron chi connectivity index (χ1n) is 13.1. The van der Waals surface area contributed by atoms with E-state index < -0.39 is 18.0 Å². The topological polar surface area (TPSA) is 147 Å². The van der Waals surface area contributed by atoms with Crippen LogP contribution in [0.25, 0.3) is 6.08 Å². The molecular formula is C31H31F2N3O6. The number of hydrogen-bond donors (Lipinski definition) is 2. The minimum atomic E-state index is -3.58. The van der Waals surface area contributed by atoms with Crippen LogP contribution in [0.3, 0.4) is 0 Å². The molecule has 0 heterocycles. The molecule has 0 saturated carbocycles. The Balaban J connectivity index is 1.39. The third kappa shape index (κ3) is 10.5. The number of ether oxygens (including phenoxy) is 4. The first-order chi connectivity index (χ1) is 20.2. The van der Waals surface area contributed by atoms with Crippen LogP contribution in [0.4, 0.5) is 20.2 Å². The highest BCUT2D eigenvalue weighted by Gasteiger charge is 2.34. The Morgan fingerprint density at radius 3 is 2.14 bits per heavy atom. The van der Waals surface area contributed by atoms with Gasteiger partial charge in [-0.15, -0.1) is 0 Å². The molecule has 0 aliphatic carbocycles. The van der Waals surface area contributed by atoms with Crippen molar-refractivity contribution in [1.29, 1.82) is 5.26 Å². The van der Waals surface area contributed by atoms with Gasteiger partial charge in [-0.3, -0.25) is 0 Å². The summed E-state index contributed by atoms with van der Waals surface area (Å²) in [5.41, 5.74) is 12.5. The van der Waals surface area contributed by atoms with Gasteiger partial charge in [0, 0.05) is 30.3 Å². The van der Waals surface area contributed by atoms with E-state index in [0.717, 1.165) is 0 Å². The summed E-state index contributed by atoms with van der Waals surface area (Å²) >= 11 is 0. The molecule has 0 radical (unpaired) electrons. The van der Waals surface area contributed by atoms with Crippen molar-refractivity contribution in [3.8, 4) is 17.6 Å². The van der Waals surface area contributed by atoms with E-state index in [1.165, 1.54) is 78.9 Å². The predicted octanol–water partition coefficient (Wildman–Crippen LogP) is 5.86. The van der Waals surface area contributed by atoms with E-state index in [1.54, 1.807) is 0 Å². The number of unbranched alkanes of at least 4 members (excludes halogenated alkanes) is 2. The Kier molecular flexibility index (Phi) is 11.7. The van der Waals surface area contributed by atoms with Crippen LogP contribution in [-0.2, 0) is 20.4 Å². The third-order valence-corrected chi connectivity index (χ3v) is 5.66. The molecule has 3 aromatic carbocycles. The summed E-state index contributed by atoms with van der Waals surface area (Å²) in [6.07, 6.45) is 1.21. The van der Waals surface area contributed by atoms with Crippen molar-refractivity contribution < 1.29 is 37.3 Å². The van der Waals surface area contributed by atoms with Crippen molar-refractivity contribution in [1.82, 2.24) is 0 Å². The molecule has 11 heteroatoms. The highest BCUT2D eigenvalue weighted by molar-refractivity contribution is 5.91. The number of carbonyl (C=O) groups is 2. The van der Waals surface area contributed by atoms with Crippen molar-refractivity contribution >= 4 is 29.4 Å². The second kappa shape index (κ2) is 15.6. The zero-order valence-electron chi connectivity index (χ0n) is 22.8. The summed E-state index contributed by atoms with van der Waals surface area (Å²) in [6.45, 7) is 0.442. The van der Waals surface area contributed by atoms with Gasteiger partial charge in [0.1, 0.15) is 11.5 Å². The van der Waals surface area contributed by atoms with E-state index in [1.807, 2.05) is 0 Å². The van der Waals surface area contributed by atoms with Crippen LogP contribution in [0.5, 0.6) is 11.5 Å². The lowest BCUT2D eigenvalue weighted by Gasteiger charge is -2.18. The van der Waals surface area contributed by atoms with Crippen molar-refractivity contribution in [3.63, 3.8) is 0 Å². The highest BCUT2D eigenvalue weighted by Crippen LogP contribution is 2.32. The lowest BCUT2D eigenvalue weighted by molar-refractivity contribution is -0.185. The Morgan fingerprint density at radius 1 is 0.833 bits per heavy atom. The van der Waals surface area contributed by atoms with E-state index in [9.17, 15) is 18.4 Å². The zero-order chi connectivity index (χ0) is 30.4. The number of rotatable bonds is 15. The fourth-order valence-electron chi connectivity index (χ4n) is 3.58. The summed E-state index contributed by atoms with van der Waals surface area (Å²) in [4.78, 5) is 24.0. The van der Waals surface area contributed by atoms with Crippen molar-refractivity contribution in [2.75, 3.05) is 31.3 Å². The lowest BCUT2D eigenvalue weighted by Crippen LogP contribution is -2.21. The summed E-state index contributed by atoms with van der Waals surface area (Å²) in [6, 6.07) is 17.6. The predicted molar refractivity (Wildman–Crippen MR) is 153 cm³/mol. The monoisotopic (exact) mass is 579 g/mol. The number of benzene rings is 3. The van der Waals surface area contributed by atoms with E-state index in [0.29, 0.717) is 48.6 Å². The van der Waals surface area contributed by atoms with Crippen LogP contribution in [0.15, 0.2) is 72.8 Å². The number of nitriles is 1. The number of nitrogen functional groups attached to an aromatic ring is 2. The molecule has 9 nitrogen and oxygen atoms in total. The smallest absolute Gasteiger partial charge is 0.426 e. The van der Waals surface area contributed by atoms with Crippen LogP contribution in [0, 0.1) is 11.3 Å². The molecule has 3 rings (SSSR count). The third-order valence-electron chi connectivity index (χ3n) is 5.66. The number of halogens is 2. The fraction of sp³-hybridized carbons (Fsp3) is 0.258. The first kappa shape index (κ1) is 31.4. The molecule has 0 saturated heterocycles. The fourth-order valence-corrected chi connectivity index (χ4v) is 3.58. The standard InChI is InChI=1S/C31H31F2N3O6/c32-31(33,24-8-12-27(13-9-24)39-16-3-1-2-15-34)42-28-10-5-22(6-11-28)7-14-29(37)40-17-4-18-41-30(38)23-19-25(35)21-26(36)20-23/h5-14,19-21H,1-4,16-18,35-36H2. The maximum atomic E-state index is 14.6. The normalized spacial score (nSPS) is 11.1. The highest BCUT2D eigenvalue weighted by atomic mass is 19.3. The molecule has 0 bridgehead atoms. The van der Waals surface area contributed by atoms with Crippen LogP contribution in [0.1, 0.15) is 47.2 Å². The number of esters is 2. The summed E-state index contributed by atoms with van der Waals surface area (Å²) in [5, 5.41) is 8.53. The number of anilines is 2. The van der Waals surface area contributed by atoms with E-state index >= 15 is 0 Å². The molecule has 42 heavy (non-hydrogen) atoms. The molecule has 0 fully saturated rings.